The molecule has 0 radical (unpaired) electrons. The highest BCUT2D eigenvalue weighted by molar-refractivity contribution is 5.86. The molecule has 3 rings (SSSR count). The van der Waals surface area contributed by atoms with Crippen LogP contribution in [0.25, 0.3) is 11.0 Å². The molecule has 6 nitrogen and oxygen atoms in total. The van der Waals surface area contributed by atoms with Crippen molar-refractivity contribution in [1.82, 2.24) is 10.5 Å². The van der Waals surface area contributed by atoms with Crippen LogP contribution in [0.4, 0.5) is 0 Å². The van der Waals surface area contributed by atoms with E-state index < -0.39 is 6.10 Å². The van der Waals surface area contributed by atoms with Gasteiger partial charge in [0.1, 0.15) is 30.4 Å². The summed E-state index contributed by atoms with van der Waals surface area (Å²) in [5.41, 5.74) is 1.62. The molecule has 0 spiro atoms. The fraction of sp³-hybridized carbons (Fsp3) is 0.409. The van der Waals surface area contributed by atoms with E-state index in [1.54, 1.807) is 0 Å². The standard InChI is InChI=1S/C22H28N2O4/c1-3-4-11-19-22-20(12-8-13-21(22)28-24-19)26-15-17(25)14-23-16(2)27-18-9-6-5-7-10-18/h5-10,12-13,16-17,23,25H,3-4,11,14-15H2,1-2H3. The van der Waals surface area contributed by atoms with E-state index in [9.17, 15) is 5.11 Å². The maximum absolute atomic E-state index is 10.3. The Morgan fingerprint density at radius 1 is 1.14 bits per heavy atom. The summed E-state index contributed by atoms with van der Waals surface area (Å²) in [5.74, 6) is 1.48. The number of aryl methyl sites for hydroxylation is 1. The molecule has 0 saturated carbocycles. The summed E-state index contributed by atoms with van der Waals surface area (Å²) in [4.78, 5) is 0. The van der Waals surface area contributed by atoms with Crippen LogP contribution in [0.5, 0.6) is 11.5 Å². The number of ether oxygens (including phenoxy) is 2. The lowest BCUT2D eigenvalue weighted by molar-refractivity contribution is 0.0873. The molecule has 1 heterocycles. The first-order valence-corrected chi connectivity index (χ1v) is 9.80. The van der Waals surface area contributed by atoms with E-state index in [2.05, 4.69) is 17.4 Å². The van der Waals surface area contributed by atoms with Crippen LogP contribution >= 0.6 is 0 Å². The molecular formula is C22H28N2O4. The number of aliphatic hydroxyl groups is 1. The summed E-state index contributed by atoms with van der Waals surface area (Å²) in [6.07, 6.45) is 2.09. The predicted octanol–water partition coefficient (Wildman–Crippen LogP) is 3.92. The molecule has 0 aliphatic carbocycles. The number of hydrogen-bond acceptors (Lipinski definition) is 6. The van der Waals surface area contributed by atoms with Gasteiger partial charge in [-0.1, -0.05) is 42.8 Å². The Hall–Kier alpha value is -2.57. The van der Waals surface area contributed by atoms with Crippen LogP contribution in [0.15, 0.2) is 53.1 Å². The number of fused-ring (bicyclic) bond motifs is 1. The van der Waals surface area contributed by atoms with Crippen LogP contribution in [0, 0.1) is 0 Å². The number of aliphatic hydroxyl groups excluding tert-OH is 1. The molecule has 2 unspecified atom stereocenters. The molecule has 28 heavy (non-hydrogen) atoms. The third kappa shape index (κ3) is 5.47. The number of hydrogen-bond donors (Lipinski definition) is 2. The zero-order chi connectivity index (χ0) is 19.8. The van der Waals surface area contributed by atoms with Crippen LogP contribution in [-0.4, -0.2) is 35.7 Å². The second-order valence-electron chi connectivity index (χ2n) is 6.81. The second-order valence-corrected chi connectivity index (χ2v) is 6.81. The van der Waals surface area contributed by atoms with Crippen molar-refractivity contribution in [2.75, 3.05) is 13.2 Å². The first-order chi connectivity index (χ1) is 13.7. The van der Waals surface area contributed by atoms with Crippen molar-refractivity contribution in [3.63, 3.8) is 0 Å². The molecule has 0 bridgehead atoms. The number of para-hydroxylation sites is 1. The quantitative estimate of drug-likeness (QED) is 0.488. The van der Waals surface area contributed by atoms with Crippen molar-refractivity contribution in [2.24, 2.45) is 0 Å². The molecule has 2 aromatic carbocycles. The molecule has 0 aliphatic rings. The Morgan fingerprint density at radius 2 is 1.96 bits per heavy atom. The van der Waals surface area contributed by atoms with Gasteiger partial charge in [-0.15, -0.1) is 0 Å². The Balaban J connectivity index is 1.51. The first-order valence-electron chi connectivity index (χ1n) is 9.80. The molecule has 6 heteroatoms. The third-order valence-corrected chi connectivity index (χ3v) is 4.43. The summed E-state index contributed by atoms with van der Waals surface area (Å²) in [6, 6.07) is 15.2. The largest absolute Gasteiger partial charge is 0.490 e. The van der Waals surface area contributed by atoms with Gasteiger partial charge in [0.05, 0.1) is 11.1 Å². The van der Waals surface area contributed by atoms with Gasteiger partial charge >= 0.3 is 0 Å². The van der Waals surface area contributed by atoms with Crippen LogP contribution in [0.2, 0.25) is 0 Å². The van der Waals surface area contributed by atoms with E-state index >= 15 is 0 Å². The van der Waals surface area contributed by atoms with Gasteiger partial charge in [-0.25, -0.2) is 0 Å². The van der Waals surface area contributed by atoms with E-state index in [-0.39, 0.29) is 12.8 Å². The summed E-state index contributed by atoms with van der Waals surface area (Å²) in [5, 5.41) is 18.5. The van der Waals surface area contributed by atoms with Gasteiger partial charge < -0.3 is 19.1 Å². The van der Waals surface area contributed by atoms with Crippen molar-refractivity contribution in [3.05, 3.63) is 54.2 Å². The minimum absolute atomic E-state index is 0.169. The SMILES string of the molecule is CCCCc1noc2cccc(OCC(O)CNC(C)Oc3ccccc3)c12. The van der Waals surface area contributed by atoms with Gasteiger partial charge in [-0.2, -0.15) is 0 Å². The normalized spacial score (nSPS) is 13.4. The Kier molecular flexibility index (Phi) is 7.28. The fourth-order valence-electron chi connectivity index (χ4n) is 2.95. The Bertz CT molecular complexity index is 850. The van der Waals surface area contributed by atoms with Gasteiger partial charge in [0.25, 0.3) is 0 Å². The van der Waals surface area contributed by atoms with Crippen LogP contribution in [0.3, 0.4) is 0 Å². The van der Waals surface area contributed by atoms with E-state index in [4.69, 9.17) is 14.0 Å². The minimum Gasteiger partial charge on any atom is -0.490 e. The summed E-state index contributed by atoms with van der Waals surface area (Å²) < 4.78 is 17.0. The molecule has 150 valence electrons. The maximum atomic E-state index is 10.3. The molecule has 0 saturated heterocycles. The number of aromatic nitrogens is 1. The maximum Gasteiger partial charge on any atom is 0.170 e. The summed E-state index contributed by atoms with van der Waals surface area (Å²) >= 11 is 0. The first kappa shape index (κ1) is 20.2. The molecule has 3 aromatic rings. The highest BCUT2D eigenvalue weighted by Crippen LogP contribution is 2.30. The number of benzene rings is 2. The summed E-state index contributed by atoms with van der Waals surface area (Å²) in [6.45, 7) is 4.57. The van der Waals surface area contributed by atoms with Gasteiger partial charge in [0.15, 0.2) is 5.58 Å². The second kappa shape index (κ2) is 10.1. The monoisotopic (exact) mass is 384 g/mol. The number of rotatable bonds is 11. The van der Waals surface area contributed by atoms with E-state index in [0.29, 0.717) is 17.9 Å². The zero-order valence-electron chi connectivity index (χ0n) is 16.4. The average Bonchev–Trinajstić information content (AvgIpc) is 3.13. The van der Waals surface area contributed by atoms with Crippen molar-refractivity contribution in [3.8, 4) is 11.5 Å². The lowest BCUT2D eigenvalue weighted by Gasteiger charge is -2.19. The molecule has 2 N–H and O–H groups in total. The zero-order valence-corrected chi connectivity index (χ0v) is 16.4. The average molecular weight is 384 g/mol. The smallest absolute Gasteiger partial charge is 0.170 e. The van der Waals surface area contributed by atoms with Crippen molar-refractivity contribution in [2.45, 2.75) is 45.4 Å². The molecular weight excluding hydrogens is 356 g/mol. The Morgan fingerprint density at radius 3 is 2.75 bits per heavy atom. The number of nitrogens with zero attached hydrogens (tertiary/aromatic N) is 1. The van der Waals surface area contributed by atoms with Gasteiger partial charge in [0, 0.05) is 6.54 Å². The topological polar surface area (TPSA) is 76.8 Å². The van der Waals surface area contributed by atoms with Gasteiger partial charge in [-0.3, -0.25) is 5.32 Å². The van der Waals surface area contributed by atoms with Crippen LogP contribution in [0.1, 0.15) is 32.4 Å². The molecule has 0 amide bonds. The highest BCUT2D eigenvalue weighted by atomic mass is 16.5. The molecule has 2 atom stereocenters. The van der Waals surface area contributed by atoms with Crippen molar-refractivity contribution in [1.29, 1.82) is 0 Å². The summed E-state index contributed by atoms with van der Waals surface area (Å²) in [7, 11) is 0. The van der Waals surface area contributed by atoms with Gasteiger partial charge in [-0.05, 0) is 44.0 Å². The van der Waals surface area contributed by atoms with E-state index in [0.717, 1.165) is 36.1 Å². The molecule has 0 aliphatic heterocycles. The highest BCUT2D eigenvalue weighted by Gasteiger charge is 2.15. The van der Waals surface area contributed by atoms with Crippen LogP contribution < -0.4 is 14.8 Å². The minimum atomic E-state index is -0.670. The Labute approximate surface area is 165 Å². The van der Waals surface area contributed by atoms with Crippen LogP contribution in [-0.2, 0) is 6.42 Å². The van der Waals surface area contributed by atoms with Crippen molar-refractivity contribution >= 4 is 11.0 Å². The lowest BCUT2D eigenvalue weighted by atomic mass is 10.1. The molecule has 0 fully saturated rings. The lowest BCUT2D eigenvalue weighted by Crippen LogP contribution is -2.39. The van der Waals surface area contributed by atoms with E-state index in [1.807, 2.05) is 55.5 Å². The molecule has 1 aromatic heterocycles. The number of nitrogens with one attached hydrogen (secondary N) is 1. The van der Waals surface area contributed by atoms with Crippen molar-refractivity contribution < 1.29 is 19.1 Å². The third-order valence-electron chi connectivity index (χ3n) is 4.43. The van der Waals surface area contributed by atoms with Gasteiger partial charge in [0.2, 0.25) is 0 Å². The van der Waals surface area contributed by atoms with E-state index in [1.165, 1.54) is 0 Å². The predicted molar refractivity (Wildman–Crippen MR) is 109 cm³/mol. The number of unbranched alkanes of at least 4 members (excludes halogenated alkanes) is 1. The fourth-order valence-corrected chi connectivity index (χ4v) is 2.95.